The Labute approximate surface area is 124 Å². The third kappa shape index (κ3) is 3.28. The third-order valence-electron chi connectivity index (χ3n) is 5.86. The summed E-state index contributed by atoms with van der Waals surface area (Å²) in [5.74, 6) is 1.13. The summed E-state index contributed by atoms with van der Waals surface area (Å²) in [6, 6.07) is 0. The molecular weight excluding hydrogens is 248 g/mol. The van der Waals surface area contributed by atoms with Crippen molar-refractivity contribution in [1.29, 1.82) is 0 Å². The Bertz CT molecular complexity index is 366. The maximum absolute atomic E-state index is 10.3. The second-order valence-corrected chi connectivity index (χ2v) is 8.00. The minimum Gasteiger partial charge on any atom is -0.393 e. The Morgan fingerprint density at radius 3 is 2.65 bits per heavy atom. The number of fused-ring (bicyclic) bond motifs is 1. The van der Waals surface area contributed by atoms with Gasteiger partial charge in [-0.05, 0) is 76.5 Å². The summed E-state index contributed by atoms with van der Waals surface area (Å²) in [5.41, 5.74) is 1.21. The van der Waals surface area contributed by atoms with Crippen molar-refractivity contribution in [3.8, 4) is 0 Å². The van der Waals surface area contributed by atoms with Crippen molar-refractivity contribution in [1.82, 2.24) is 0 Å². The van der Waals surface area contributed by atoms with Crippen LogP contribution < -0.4 is 0 Å². The largest absolute Gasteiger partial charge is 0.393 e. The van der Waals surface area contributed by atoms with Gasteiger partial charge >= 0.3 is 0 Å². The van der Waals surface area contributed by atoms with Gasteiger partial charge in [-0.2, -0.15) is 0 Å². The molecule has 20 heavy (non-hydrogen) atoms. The standard InChI is InChI=1S/C18H32O2/c1-13(7-5-11-17(2,3)20)14-9-10-15-16(19)8-6-12-18(14,15)4/h7,14-16,19-20H,5-6,8-12H2,1-4H3. The Balaban J connectivity index is 2.03. The average Bonchev–Trinajstić information content (AvgIpc) is 2.66. The molecule has 0 saturated heterocycles. The first-order valence-corrected chi connectivity index (χ1v) is 8.31. The number of hydrogen-bond acceptors (Lipinski definition) is 2. The van der Waals surface area contributed by atoms with Gasteiger partial charge in [0.05, 0.1) is 11.7 Å². The number of rotatable bonds is 4. The molecule has 2 saturated carbocycles. The molecule has 0 bridgehead atoms. The van der Waals surface area contributed by atoms with E-state index in [2.05, 4.69) is 19.9 Å². The topological polar surface area (TPSA) is 40.5 Å². The summed E-state index contributed by atoms with van der Waals surface area (Å²) in [6.07, 6.45) is 9.85. The van der Waals surface area contributed by atoms with E-state index in [0.29, 0.717) is 17.3 Å². The lowest BCUT2D eigenvalue weighted by Crippen LogP contribution is -2.40. The Kier molecular flexibility index (Phi) is 4.66. The van der Waals surface area contributed by atoms with Gasteiger partial charge in [0.2, 0.25) is 0 Å². The second kappa shape index (κ2) is 5.81. The van der Waals surface area contributed by atoms with Gasteiger partial charge in [-0.3, -0.25) is 0 Å². The molecule has 2 N–H and O–H groups in total. The van der Waals surface area contributed by atoms with Gasteiger partial charge in [-0.15, -0.1) is 0 Å². The summed E-state index contributed by atoms with van der Waals surface area (Å²) >= 11 is 0. The van der Waals surface area contributed by atoms with Gasteiger partial charge in [-0.25, -0.2) is 0 Å². The van der Waals surface area contributed by atoms with E-state index in [9.17, 15) is 10.2 Å². The highest BCUT2D eigenvalue weighted by Gasteiger charge is 2.51. The van der Waals surface area contributed by atoms with Crippen LogP contribution in [0.5, 0.6) is 0 Å². The Morgan fingerprint density at radius 2 is 2.00 bits per heavy atom. The summed E-state index contributed by atoms with van der Waals surface area (Å²) in [6.45, 7) is 8.40. The van der Waals surface area contributed by atoms with Gasteiger partial charge in [0.1, 0.15) is 0 Å². The molecule has 0 spiro atoms. The van der Waals surface area contributed by atoms with E-state index in [-0.39, 0.29) is 6.10 Å². The van der Waals surface area contributed by atoms with Crippen LogP contribution in [0.4, 0.5) is 0 Å². The van der Waals surface area contributed by atoms with Crippen LogP contribution in [-0.2, 0) is 0 Å². The van der Waals surface area contributed by atoms with Crippen LogP contribution in [0.25, 0.3) is 0 Å². The minimum absolute atomic E-state index is 0.0806. The number of hydrogen-bond donors (Lipinski definition) is 2. The van der Waals surface area contributed by atoms with Crippen molar-refractivity contribution < 1.29 is 10.2 Å². The second-order valence-electron chi connectivity index (χ2n) is 8.00. The molecule has 0 amide bonds. The molecule has 2 aliphatic carbocycles. The molecule has 2 fully saturated rings. The van der Waals surface area contributed by atoms with E-state index < -0.39 is 5.60 Å². The first-order valence-electron chi connectivity index (χ1n) is 8.31. The van der Waals surface area contributed by atoms with Crippen molar-refractivity contribution in [3.63, 3.8) is 0 Å². The molecule has 116 valence electrons. The monoisotopic (exact) mass is 280 g/mol. The number of allylic oxidation sites excluding steroid dienone is 2. The van der Waals surface area contributed by atoms with Gasteiger partial charge in [0.15, 0.2) is 0 Å². The van der Waals surface area contributed by atoms with Crippen LogP contribution in [-0.4, -0.2) is 21.9 Å². The zero-order chi connectivity index (χ0) is 15.0. The molecule has 2 heteroatoms. The molecule has 0 aromatic rings. The zero-order valence-corrected chi connectivity index (χ0v) is 13.7. The van der Waals surface area contributed by atoms with Crippen molar-refractivity contribution in [2.75, 3.05) is 0 Å². The fourth-order valence-electron chi connectivity index (χ4n) is 4.69. The van der Waals surface area contributed by atoms with E-state index in [0.717, 1.165) is 19.3 Å². The molecule has 2 nitrogen and oxygen atoms in total. The van der Waals surface area contributed by atoms with Gasteiger partial charge < -0.3 is 10.2 Å². The van der Waals surface area contributed by atoms with Gasteiger partial charge in [0.25, 0.3) is 0 Å². The SMILES string of the molecule is CC(=CCCC(C)(C)O)C1CCC2C(O)CCCC12C. The predicted molar refractivity (Wildman–Crippen MR) is 83.5 cm³/mol. The van der Waals surface area contributed by atoms with Crippen LogP contribution in [0, 0.1) is 17.3 Å². The molecule has 2 aliphatic rings. The van der Waals surface area contributed by atoms with Gasteiger partial charge in [0, 0.05) is 0 Å². The van der Waals surface area contributed by atoms with Crippen LogP contribution in [0.3, 0.4) is 0 Å². The number of aliphatic hydroxyl groups excluding tert-OH is 1. The molecule has 0 radical (unpaired) electrons. The first-order chi connectivity index (χ1) is 9.24. The third-order valence-corrected chi connectivity index (χ3v) is 5.86. The van der Waals surface area contributed by atoms with Crippen LogP contribution in [0.1, 0.15) is 72.6 Å². The van der Waals surface area contributed by atoms with Crippen molar-refractivity contribution in [2.24, 2.45) is 17.3 Å². The highest BCUT2D eigenvalue weighted by molar-refractivity contribution is 5.15. The highest BCUT2D eigenvalue weighted by atomic mass is 16.3. The lowest BCUT2D eigenvalue weighted by molar-refractivity contribution is -0.0110. The van der Waals surface area contributed by atoms with Crippen LogP contribution >= 0.6 is 0 Å². The lowest BCUT2D eigenvalue weighted by atomic mass is 9.63. The van der Waals surface area contributed by atoms with E-state index in [1.165, 1.54) is 31.3 Å². The molecule has 2 rings (SSSR count). The summed E-state index contributed by atoms with van der Waals surface area (Å²) in [7, 11) is 0. The zero-order valence-electron chi connectivity index (χ0n) is 13.7. The van der Waals surface area contributed by atoms with Crippen LogP contribution in [0.15, 0.2) is 11.6 Å². The van der Waals surface area contributed by atoms with E-state index in [1.807, 2.05) is 13.8 Å². The van der Waals surface area contributed by atoms with Gasteiger partial charge in [-0.1, -0.05) is 25.0 Å². The molecule has 4 unspecified atom stereocenters. The van der Waals surface area contributed by atoms with Crippen LogP contribution in [0.2, 0.25) is 0 Å². The minimum atomic E-state index is -0.570. The molecule has 0 aliphatic heterocycles. The average molecular weight is 280 g/mol. The van der Waals surface area contributed by atoms with E-state index in [1.54, 1.807) is 0 Å². The molecule has 0 heterocycles. The van der Waals surface area contributed by atoms with Crippen molar-refractivity contribution >= 4 is 0 Å². The maximum atomic E-state index is 10.3. The molecular formula is C18H32O2. The van der Waals surface area contributed by atoms with E-state index >= 15 is 0 Å². The lowest BCUT2D eigenvalue weighted by Gasteiger charge is -2.43. The number of aliphatic hydroxyl groups is 2. The summed E-state index contributed by atoms with van der Waals surface area (Å²) in [4.78, 5) is 0. The van der Waals surface area contributed by atoms with E-state index in [4.69, 9.17) is 0 Å². The van der Waals surface area contributed by atoms with Crippen molar-refractivity contribution in [2.45, 2.75) is 84.3 Å². The smallest absolute Gasteiger partial charge is 0.0594 e. The van der Waals surface area contributed by atoms with Crippen molar-refractivity contribution in [3.05, 3.63) is 11.6 Å². The maximum Gasteiger partial charge on any atom is 0.0594 e. The quantitative estimate of drug-likeness (QED) is 0.762. The molecule has 0 aromatic heterocycles. The Morgan fingerprint density at radius 1 is 1.30 bits per heavy atom. The summed E-state index contributed by atoms with van der Waals surface area (Å²) < 4.78 is 0. The fourth-order valence-corrected chi connectivity index (χ4v) is 4.69. The molecule has 0 aromatic carbocycles. The molecule has 4 atom stereocenters. The fraction of sp³-hybridized carbons (Fsp3) is 0.889. The highest BCUT2D eigenvalue weighted by Crippen LogP contribution is 2.57. The first kappa shape index (κ1) is 16.0. The summed E-state index contributed by atoms with van der Waals surface area (Å²) in [5, 5.41) is 20.1. The Hall–Kier alpha value is -0.340. The normalized spacial score (nSPS) is 38.9. The predicted octanol–water partition coefficient (Wildman–Crippen LogP) is 4.06.